The summed E-state index contributed by atoms with van der Waals surface area (Å²) >= 11 is 0. The van der Waals surface area contributed by atoms with Crippen LogP contribution >= 0.6 is 12.4 Å². The second kappa shape index (κ2) is 10.3. The van der Waals surface area contributed by atoms with Crippen molar-refractivity contribution < 1.29 is 23.0 Å². The topological polar surface area (TPSA) is 59.6 Å². The van der Waals surface area contributed by atoms with Gasteiger partial charge < -0.3 is 20.1 Å². The van der Waals surface area contributed by atoms with E-state index in [0.717, 1.165) is 31.5 Å². The maximum Gasteiger partial charge on any atom is 0.387 e. The number of hydrogen-bond donors (Lipinski definition) is 2. The Bertz CT molecular complexity index is 526. The van der Waals surface area contributed by atoms with Crippen molar-refractivity contribution in [1.82, 2.24) is 10.6 Å². The first-order chi connectivity index (χ1) is 11.1. The molecule has 8 heteroatoms. The number of amides is 1. The van der Waals surface area contributed by atoms with Crippen LogP contribution in [0.4, 0.5) is 8.78 Å². The Morgan fingerprint density at radius 2 is 2.04 bits per heavy atom. The zero-order chi connectivity index (χ0) is 16.7. The van der Waals surface area contributed by atoms with Gasteiger partial charge in [-0.15, -0.1) is 12.4 Å². The van der Waals surface area contributed by atoms with Crippen LogP contribution in [0.2, 0.25) is 0 Å². The molecule has 0 saturated carbocycles. The molecule has 5 nitrogen and oxygen atoms in total. The van der Waals surface area contributed by atoms with Gasteiger partial charge >= 0.3 is 6.61 Å². The zero-order valence-corrected chi connectivity index (χ0v) is 14.3. The van der Waals surface area contributed by atoms with E-state index in [1.54, 1.807) is 19.1 Å². The van der Waals surface area contributed by atoms with Gasteiger partial charge in [0.05, 0.1) is 6.61 Å². The van der Waals surface area contributed by atoms with Gasteiger partial charge in [0.1, 0.15) is 0 Å². The molecule has 1 heterocycles. The first-order valence-electron chi connectivity index (χ1n) is 7.79. The Morgan fingerprint density at radius 3 is 2.67 bits per heavy atom. The van der Waals surface area contributed by atoms with Gasteiger partial charge in [0.15, 0.2) is 11.5 Å². The van der Waals surface area contributed by atoms with Crippen molar-refractivity contribution >= 4 is 18.3 Å². The lowest BCUT2D eigenvalue weighted by Crippen LogP contribution is -2.37. The molecule has 2 rings (SSSR count). The number of rotatable bonds is 7. The van der Waals surface area contributed by atoms with E-state index in [1.165, 1.54) is 6.07 Å². The second-order valence-corrected chi connectivity index (χ2v) is 5.33. The van der Waals surface area contributed by atoms with Gasteiger partial charge in [-0.1, -0.05) is 6.07 Å². The number of benzene rings is 1. The van der Waals surface area contributed by atoms with Gasteiger partial charge in [-0.2, -0.15) is 8.78 Å². The minimum Gasteiger partial charge on any atom is -0.490 e. The van der Waals surface area contributed by atoms with Crippen molar-refractivity contribution in [2.24, 2.45) is 5.92 Å². The van der Waals surface area contributed by atoms with E-state index in [2.05, 4.69) is 15.4 Å². The maximum absolute atomic E-state index is 12.4. The minimum absolute atomic E-state index is 0. The molecular weight excluding hydrogens is 342 g/mol. The summed E-state index contributed by atoms with van der Waals surface area (Å²) < 4.78 is 34.5. The highest BCUT2D eigenvalue weighted by atomic mass is 35.5. The number of halogens is 3. The standard InChI is InChI=1S/C16H22F2N2O3.ClH/c1-2-22-14-9-11(3-4-13(14)23-16(17)18)10-20-15(21)12-5-7-19-8-6-12;/h3-4,9,12,16,19H,2,5-8,10H2,1H3,(H,20,21);1H. The van der Waals surface area contributed by atoms with Crippen LogP contribution in [0.3, 0.4) is 0 Å². The SMILES string of the molecule is CCOc1cc(CNC(=O)C2CCNCC2)ccc1OC(F)F.Cl. The van der Waals surface area contributed by atoms with Crippen LogP contribution in [0, 0.1) is 5.92 Å². The Hall–Kier alpha value is -1.60. The first-order valence-corrected chi connectivity index (χ1v) is 7.79. The third kappa shape index (κ3) is 6.13. The summed E-state index contributed by atoms with van der Waals surface area (Å²) in [5.74, 6) is 0.304. The van der Waals surface area contributed by atoms with E-state index >= 15 is 0 Å². The Morgan fingerprint density at radius 1 is 1.33 bits per heavy atom. The third-order valence-corrected chi connectivity index (χ3v) is 3.70. The fraction of sp³-hybridized carbons (Fsp3) is 0.562. The van der Waals surface area contributed by atoms with E-state index in [9.17, 15) is 13.6 Å². The van der Waals surface area contributed by atoms with Gasteiger partial charge in [0.2, 0.25) is 5.91 Å². The fourth-order valence-electron chi connectivity index (χ4n) is 2.54. The monoisotopic (exact) mass is 364 g/mol. The summed E-state index contributed by atoms with van der Waals surface area (Å²) in [7, 11) is 0. The van der Waals surface area contributed by atoms with E-state index < -0.39 is 6.61 Å². The lowest BCUT2D eigenvalue weighted by molar-refractivity contribution is -0.125. The van der Waals surface area contributed by atoms with Crippen LogP contribution in [0.1, 0.15) is 25.3 Å². The van der Waals surface area contributed by atoms with E-state index in [1.807, 2.05) is 0 Å². The van der Waals surface area contributed by atoms with E-state index in [0.29, 0.717) is 13.2 Å². The molecular formula is C16H23ClF2N2O3. The van der Waals surface area contributed by atoms with Crippen molar-refractivity contribution in [2.75, 3.05) is 19.7 Å². The molecule has 0 aromatic heterocycles. The summed E-state index contributed by atoms with van der Waals surface area (Å²) in [6, 6.07) is 4.69. The third-order valence-electron chi connectivity index (χ3n) is 3.70. The van der Waals surface area contributed by atoms with Gasteiger partial charge in [-0.25, -0.2) is 0 Å². The highest BCUT2D eigenvalue weighted by Crippen LogP contribution is 2.30. The predicted molar refractivity (Wildman–Crippen MR) is 88.9 cm³/mol. The molecule has 1 fully saturated rings. The van der Waals surface area contributed by atoms with Crippen molar-refractivity contribution in [3.8, 4) is 11.5 Å². The molecule has 1 aromatic rings. The zero-order valence-electron chi connectivity index (χ0n) is 13.5. The Kier molecular flexibility index (Phi) is 8.78. The van der Waals surface area contributed by atoms with Crippen LogP contribution in [0.25, 0.3) is 0 Å². The van der Waals surface area contributed by atoms with Gasteiger partial charge in [0, 0.05) is 12.5 Å². The molecule has 1 aliphatic heterocycles. The summed E-state index contributed by atoms with van der Waals surface area (Å²) in [5.41, 5.74) is 0.775. The molecule has 1 aliphatic rings. The Labute approximate surface area is 146 Å². The van der Waals surface area contributed by atoms with Crippen LogP contribution in [-0.4, -0.2) is 32.2 Å². The number of hydrogen-bond acceptors (Lipinski definition) is 4. The van der Waals surface area contributed by atoms with Crippen LogP contribution in [0.5, 0.6) is 11.5 Å². The Balaban J connectivity index is 0.00000288. The molecule has 0 aliphatic carbocycles. The summed E-state index contributed by atoms with van der Waals surface area (Å²) in [4.78, 5) is 12.1. The largest absolute Gasteiger partial charge is 0.490 e. The summed E-state index contributed by atoms with van der Waals surface area (Å²) in [6.07, 6.45) is 1.66. The van der Waals surface area contributed by atoms with Crippen molar-refractivity contribution in [3.63, 3.8) is 0 Å². The quantitative estimate of drug-likeness (QED) is 0.781. The van der Waals surface area contributed by atoms with E-state index in [4.69, 9.17) is 4.74 Å². The average Bonchev–Trinajstić information content (AvgIpc) is 2.55. The summed E-state index contributed by atoms with van der Waals surface area (Å²) in [5, 5.41) is 6.10. The molecule has 0 unspecified atom stereocenters. The molecule has 0 bridgehead atoms. The number of carbonyl (C=O) groups is 1. The molecule has 24 heavy (non-hydrogen) atoms. The fourth-order valence-corrected chi connectivity index (χ4v) is 2.54. The maximum atomic E-state index is 12.4. The number of alkyl halides is 2. The normalized spacial score (nSPS) is 14.8. The molecule has 0 radical (unpaired) electrons. The highest BCUT2D eigenvalue weighted by molar-refractivity contribution is 5.85. The smallest absolute Gasteiger partial charge is 0.387 e. The molecule has 136 valence electrons. The minimum atomic E-state index is -2.90. The first kappa shape index (κ1) is 20.4. The van der Waals surface area contributed by atoms with Gasteiger partial charge in [-0.3, -0.25) is 4.79 Å². The number of carbonyl (C=O) groups excluding carboxylic acids is 1. The lowest BCUT2D eigenvalue weighted by atomic mass is 9.97. The van der Waals surface area contributed by atoms with Crippen LogP contribution in [-0.2, 0) is 11.3 Å². The van der Waals surface area contributed by atoms with Crippen LogP contribution < -0.4 is 20.1 Å². The molecule has 0 atom stereocenters. The molecule has 0 spiro atoms. The van der Waals surface area contributed by atoms with Gasteiger partial charge in [-0.05, 0) is 50.6 Å². The average molecular weight is 365 g/mol. The van der Waals surface area contributed by atoms with Crippen molar-refractivity contribution in [3.05, 3.63) is 23.8 Å². The van der Waals surface area contributed by atoms with Crippen molar-refractivity contribution in [1.29, 1.82) is 0 Å². The second-order valence-electron chi connectivity index (χ2n) is 5.33. The summed E-state index contributed by atoms with van der Waals surface area (Å²) in [6.45, 7) is 1.23. The van der Waals surface area contributed by atoms with Crippen molar-refractivity contribution in [2.45, 2.75) is 32.9 Å². The van der Waals surface area contributed by atoms with Gasteiger partial charge in [0.25, 0.3) is 0 Å². The molecule has 2 N–H and O–H groups in total. The number of nitrogens with one attached hydrogen (secondary N) is 2. The van der Waals surface area contributed by atoms with E-state index in [-0.39, 0.29) is 35.7 Å². The molecule has 1 amide bonds. The highest BCUT2D eigenvalue weighted by Gasteiger charge is 2.20. The molecule has 1 aromatic carbocycles. The number of piperidine rings is 1. The molecule has 1 saturated heterocycles. The lowest BCUT2D eigenvalue weighted by Gasteiger charge is -2.21. The van der Waals surface area contributed by atoms with Crippen LogP contribution in [0.15, 0.2) is 18.2 Å². The predicted octanol–water partition coefficient (Wildman–Crippen LogP) is 2.72. The number of ether oxygens (including phenoxy) is 2.